The van der Waals surface area contributed by atoms with Crippen LogP contribution in [0.3, 0.4) is 0 Å². The molecule has 236 valence electrons. The van der Waals surface area contributed by atoms with Crippen molar-refractivity contribution in [3.05, 3.63) is 139 Å². The zero-order valence-electron chi connectivity index (χ0n) is 28.5. The highest BCUT2D eigenvalue weighted by Gasteiger charge is 2.25. The monoisotopic (exact) mass is 624 g/mol. The molecule has 0 fully saturated rings. The predicted octanol–water partition coefficient (Wildman–Crippen LogP) is 11.7. The van der Waals surface area contributed by atoms with Gasteiger partial charge >= 0.3 is 0 Å². The summed E-state index contributed by atoms with van der Waals surface area (Å²) in [6, 6.07) is 43.4. The van der Waals surface area contributed by atoms with Gasteiger partial charge in [-0.1, -0.05) is 102 Å². The Morgan fingerprint density at radius 3 is 2.06 bits per heavy atom. The number of nitrogens with one attached hydrogen (secondary N) is 1. The van der Waals surface area contributed by atoms with Crippen molar-refractivity contribution in [2.75, 3.05) is 0 Å². The molecule has 0 bridgehead atoms. The largest absolute Gasteiger partial charge is 0.354 e. The molecule has 0 atom stereocenters. The first-order valence-corrected chi connectivity index (χ1v) is 16.8. The minimum absolute atomic E-state index is 0.0494. The fraction of sp³-hybridized carbons (Fsp3) is 0.182. The highest BCUT2D eigenvalue weighted by molar-refractivity contribution is 6.12. The number of aromatic nitrogens is 4. The SMILES string of the molecule is CC(C)(C)c1ccc2[nH]c3c(-c4nc5c(-c6cccc(-c7ccccn7)c6)cccc5n4-c4ccccc4)cc(C(C)(C)C)cc3c2c1. The first-order chi connectivity index (χ1) is 23.1. The van der Waals surface area contributed by atoms with E-state index in [1.54, 1.807) is 0 Å². The molecular formula is C44H40N4. The molecule has 0 spiro atoms. The molecular weight excluding hydrogens is 585 g/mol. The van der Waals surface area contributed by atoms with Gasteiger partial charge in [0.25, 0.3) is 0 Å². The number of hydrogen-bond donors (Lipinski definition) is 1. The zero-order valence-corrected chi connectivity index (χ0v) is 28.5. The lowest BCUT2D eigenvalue weighted by molar-refractivity contribution is 0.590. The van der Waals surface area contributed by atoms with E-state index in [1.165, 1.54) is 21.9 Å². The average Bonchev–Trinajstić information content (AvgIpc) is 3.66. The van der Waals surface area contributed by atoms with Crippen LogP contribution in [-0.2, 0) is 10.8 Å². The van der Waals surface area contributed by atoms with Crippen molar-refractivity contribution >= 4 is 32.8 Å². The molecule has 0 amide bonds. The second-order valence-electron chi connectivity index (χ2n) is 14.9. The Bertz CT molecular complexity index is 2450. The van der Waals surface area contributed by atoms with E-state index in [0.29, 0.717) is 0 Å². The third kappa shape index (κ3) is 5.09. The molecule has 0 aliphatic heterocycles. The highest BCUT2D eigenvalue weighted by Crippen LogP contribution is 2.42. The molecule has 4 heteroatoms. The number of rotatable bonds is 4. The highest BCUT2D eigenvalue weighted by atomic mass is 15.1. The molecule has 3 aromatic heterocycles. The van der Waals surface area contributed by atoms with Crippen molar-refractivity contribution in [2.24, 2.45) is 0 Å². The summed E-state index contributed by atoms with van der Waals surface area (Å²) in [5.41, 5.74) is 13.3. The van der Waals surface area contributed by atoms with E-state index in [-0.39, 0.29) is 10.8 Å². The Morgan fingerprint density at radius 2 is 1.31 bits per heavy atom. The lowest BCUT2D eigenvalue weighted by Crippen LogP contribution is -2.11. The topological polar surface area (TPSA) is 46.5 Å². The molecule has 3 heterocycles. The van der Waals surface area contributed by atoms with E-state index in [0.717, 1.165) is 61.5 Å². The van der Waals surface area contributed by atoms with Gasteiger partial charge in [-0.2, -0.15) is 0 Å². The van der Waals surface area contributed by atoms with Gasteiger partial charge in [-0.3, -0.25) is 9.55 Å². The Kier molecular flexibility index (Phi) is 6.89. The van der Waals surface area contributed by atoms with E-state index in [1.807, 2.05) is 18.3 Å². The maximum atomic E-state index is 5.57. The van der Waals surface area contributed by atoms with Crippen LogP contribution in [0.2, 0.25) is 0 Å². The third-order valence-corrected chi connectivity index (χ3v) is 9.51. The predicted molar refractivity (Wildman–Crippen MR) is 202 cm³/mol. The van der Waals surface area contributed by atoms with E-state index >= 15 is 0 Å². The number of pyridine rings is 1. The number of fused-ring (bicyclic) bond motifs is 4. The Morgan fingerprint density at radius 1 is 0.583 bits per heavy atom. The molecule has 4 nitrogen and oxygen atoms in total. The Balaban J connectivity index is 1.44. The van der Waals surface area contributed by atoms with Crippen LogP contribution in [0.15, 0.2) is 128 Å². The van der Waals surface area contributed by atoms with Crippen molar-refractivity contribution < 1.29 is 0 Å². The van der Waals surface area contributed by atoms with E-state index < -0.39 is 0 Å². The van der Waals surface area contributed by atoms with Gasteiger partial charge in [-0.25, -0.2) is 4.98 Å². The molecule has 0 radical (unpaired) electrons. The van der Waals surface area contributed by atoms with E-state index in [9.17, 15) is 0 Å². The zero-order chi connectivity index (χ0) is 33.2. The summed E-state index contributed by atoms with van der Waals surface area (Å²) in [7, 11) is 0. The van der Waals surface area contributed by atoms with Crippen molar-refractivity contribution in [1.29, 1.82) is 0 Å². The number of nitrogens with zero attached hydrogens (tertiary/aromatic N) is 3. The third-order valence-electron chi connectivity index (χ3n) is 9.51. The molecule has 1 N–H and O–H groups in total. The maximum Gasteiger partial charge on any atom is 0.147 e. The van der Waals surface area contributed by atoms with Crippen LogP contribution in [0.25, 0.3) is 72.3 Å². The van der Waals surface area contributed by atoms with Gasteiger partial charge in [-0.15, -0.1) is 0 Å². The van der Waals surface area contributed by atoms with Gasteiger partial charge in [0, 0.05) is 44.9 Å². The first kappa shape index (κ1) is 29.9. The van der Waals surface area contributed by atoms with E-state index in [4.69, 9.17) is 4.98 Å². The average molecular weight is 625 g/mol. The number of aromatic amines is 1. The summed E-state index contributed by atoms with van der Waals surface area (Å²) < 4.78 is 2.33. The fourth-order valence-corrected chi connectivity index (χ4v) is 6.81. The number of imidazole rings is 1. The van der Waals surface area contributed by atoms with Gasteiger partial charge in [-0.05, 0) is 88.2 Å². The molecule has 0 unspecified atom stereocenters. The number of H-pyrrole nitrogens is 1. The summed E-state index contributed by atoms with van der Waals surface area (Å²) in [5, 5.41) is 2.48. The number of benzene rings is 5. The molecule has 0 aliphatic carbocycles. The Labute approximate surface area is 282 Å². The summed E-state index contributed by atoms with van der Waals surface area (Å²) in [4.78, 5) is 14.0. The number of para-hydroxylation sites is 2. The van der Waals surface area contributed by atoms with Gasteiger partial charge in [0.2, 0.25) is 0 Å². The van der Waals surface area contributed by atoms with Crippen molar-refractivity contribution in [3.63, 3.8) is 0 Å². The van der Waals surface area contributed by atoms with Crippen molar-refractivity contribution in [3.8, 4) is 39.5 Å². The van der Waals surface area contributed by atoms with Crippen LogP contribution in [0.5, 0.6) is 0 Å². The van der Waals surface area contributed by atoms with Crippen LogP contribution in [-0.4, -0.2) is 19.5 Å². The molecule has 48 heavy (non-hydrogen) atoms. The minimum atomic E-state index is -0.0607. The second kappa shape index (κ2) is 11.1. The molecule has 0 saturated carbocycles. The van der Waals surface area contributed by atoms with Crippen molar-refractivity contribution in [1.82, 2.24) is 19.5 Å². The molecule has 8 rings (SSSR count). The molecule has 0 saturated heterocycles. The molecule has 0 aliphatic rings. The van der Waals surface area contributed by atoms with E-state index in [2.05, 4.69) is 165 Å². The Hall–Kier alpha value is -5.48. The second-order valence-corrected chi connectivity index (χ2v) is 14.9. The summed E-state index contributed by atoms with van der Waals surface area (Å²) >= 11 is 0. The molecule has 8 aromatic rings. The normalized spacial score (nSPS) is 12.4. The fourth-order valence-electron chi connectivity index (χ4n) is 6.81. The molecule has 5 aromatic carbocycles. The van der Waals surface area contributed by atoms with Crippen LogP contribution in [0.1, 0.15) is 52.7 Å². The van der Waals surface area contributed by atoms with Crippen LogP contribution < -0.4 is 0 Å². The summed E-state index contributed by atoms with van der Waals surface area (Å²) in [6.45, 7) is 13.7. The standard InChI is InChI=1S/C44H40N4/c1-43(2,3)30-21-22-38-34(25-30)35-26-31(44(4,5)6)27-36(40(35)46-38)42-47-41-33(18-13-20-39(41)48(42)32-16-8-7-9-17-32)28-14-12-15-29(24-28)37-19-10-11-23-45-37/h7-27,46H,1-6H3. The smallest absolute Gasteiger partial charge is 0.147 e. The van der Waals surface area contributed by atoms with Crippen LogP contribution >= 0.6 is 0 Å². The van der Waals surface area contributed by atoms with Gasteiger partial charge < -0.3 is 4.98 Å². The summed E-state index contributed by atoms with van der Waals surface area (Å²) in [6.07, 6.45) is 1.84. The van der Waals surface area contributed by atoms with Gasteiger partial charge in [0.15, 0.2) is 0 Å². The quantitative estimate of drug-likeness (QED) is 0.212. The first-order valence-electron chi connectivity index (χ1n) is 16.8. The lowest BCUT2D eigenvalue weighted by Gasteiger charge is -2.21. The van der Waals surface area contributed by atoms with Crippen LogP contribution in [0.4, 0.5) is 0 Å². The number of hydrogen-bond acceptors (Lipinski definition) is 2. The summed E-state index contributed by atoms with van der Waals surface area (Å²) in [5.74, 6) is 0.920. The minimum Gasteiger partial charge on any atom is -0.354 e. The maximum absolute atomic E-state index is 5.57. The lowest BCUT2D eigenvalue weighted by atomic mass is 9.84. The van der Waals surface area contributed by atoms with Crippen LogP contribution in [0, 0.1) is 0 Å². The van der Waals surface area contributed by atoms with Gasteiger partial charge in [0.05, 0.1) is 22.2 Å². The van der Waals surface area contributed by atoms with Gasteiger partial charge in [0.1, 0.15) is 5.82 Å². The van der Waals surface area contributed by atoms with Crippen molar-refractivity contribution in [2.45, 2.75) is 52.4 Å².